The van der Waals surface area contributed by atoms with Gasteiger partial charge in [-0.1, -0.05) is 17.7 Å². The zero-order valence-corrected chi connectivity index (χ0v) is 15.1. The molecule has 0 saturated heterocycles. The monoisotopic (exact) mass is 328 g/mol. The number of aryl methyl sites for hydroxylation is 2. The Morgan fingerprint density at radius 3 is 2.62 bits per heavy atom. The van der Waals surface area contributed by atoms with E-state index in [0.29, 0.717) is 6.61 Å². The van der Waals surface area contributed by atoms with Crippen LogP contribution >= 0.6 is 0 Å². The Morgan fingerprint density at radius 2 is 2.00 bits per heavy atom. The number of aromatic nitrogens is 1. The highest BCUT2D eigenvalue weighted by Gasteiger charge is 2.07. The minimum atomic E-state index is 0.689. The van der Waals surface area contributed by atoms with Gasteiger partial charge in [-0.25, -0.2) is 0 Å². The maximum Gasteiger partial charge on any atom is 0.193 e. The third-order valence-electron chi connectivity index (χ3n) is 3.92. The molecular formula is C19H28N4O. The van der Waals surface area contributed by atoms with E-state index in [1.807, 2.05) is 26.2 Å². The zero-order valence-electron chi connectivity index (χ0n) is 15.1. The van der Waals surface area contributed by atoms with Crippen molar-refractivity contribution in [3.05, 3.63) is 53.9 Å². The molecule has 0 aliphatic heterocycles. The highest BCUT2D eigenvalue weighted by atomic mass is 16.5. The van der Waals surface area contributed by atoms with Crippen LogP contribution < -0.4 is 10.1 Å². The first-order valence-corrected chi connectivity index (χ1v) is 8.31. The molecule has 0 spiro atoms. The van der Waals surface area contributed by atoms with Crippen molar-refractivity contribution in [1.29, 1.82) is 0 Å². The molecule has 1 heterocycles. The molecule has 0 saturated carbocycles. The van der Waals surface area contributed by atoms with Crippen LogP contribution in [0.2, 0.25) is 0 Å². The summed E-state index contributed by atoms with van der Waals surface area (Å²) in [5, 5.41) is 3.38. The third-order valence-corrected chi connectivity index (χ3v) is 3.92. The van der Waals surface area contributed by atoms with Crippen molar-refractivity contribution in [2.24, 2.45) is 12.0 Å². The van der Waals surface area contributed by atoms with Crippen molar-refractivity contribution in [3.63, 3.8) is 0 Å². The van der Waals surface area contributed by atoms with E-state index in [0.717, 1.165) is 31.2 Å². The van der Waals surface area contributed by atoms with Gasteiger partial charge in [0.25, 0.3) is 0 Å². The number of nitrogens with one attached hydrogen (secondary N) is 1. The minimum Gasteiger partial charge on any atom is -0.494 e. The van der Waals surface area contributed by atoms with Crippen LogP contribution in [0.3, 0.4) is 0 Å². The second kappa shape index (κ2) is 9.01. The number of aliphatic imine (C=N–C) groups is 1. The topological polar surface area (TPSA) is 41.8 Å². The van der Waals surface area contributed by atoms with Crippen molar-refractivity contribution in [2.45, 2.75) is 19.9 Å². The number of nitrogens with zero attached hydrogens (tertiary/aromatic N) is 3. The summed E-state index contributed by atoms with van der Waals surface area (Å²) in [7, 11) is 5.92. The van der Waals surface area contributed by atoms with E-state index < -0.39 is 0 Å². The molecule has 5 nitrogen and oxygen atoms in total. The second-order valence-corrected chi connectivity index (χ2v) is 5.96. The van der Waals surface area contributed by atoms with Crippen LogP contribution in [0.15, 0.2) is 47.6 Å². The number of guanidine groups is 1. The Morgan fingerprint density at radius 1 is 1.25 bits per heavy atom. The van der Waals surface area contributed by atoms with E-state index in [-0.39, 0.29) is 0 Å². The summed E-state index contributed by atoms with van der Waals surface area (Å²) in [5.74, 6) is 1.82. The van der Waals surface area contributed by atoms with Gasteiger partial charge in [0.1, 0.15) is 5.75 Å². The van der Waals surface area contributed by atoms with Crippen molar-refractivity contribution < 1.29 is 4.74 Å². The maximum atomic E-state index is 5.74. The maximum absolute atomic E-state index is 5.74. The van der Waals surface area contributed by atoms with Crippen molar-refractivity contribution in [1.82, 2.24) is 14.8 Å². The Labute approximate surface area is 145 Å². The molecule has 1 aromatic heterocycles. The van der Waals surface area contributed by atoms with Crippen LogP contribution in [0, 0.1) is 6.92 Å². The lowest BCUT2D eigenvalue weighted by Crippen LogP contribution is -2.39. The van der Waals surface area contributed by atoms with Crippen LogP contribution in [0.5, 0.6) is 5.75 Å². The Bertz CT molecular complexity index is 646. The van der Waals surface area contributed by atoms with Gasteiger partial charge in [-0.15, -0.1) is 0 Å². The van der Waals surface area contributed by atoms with Crippen LogP contribution in [0.1, 0.15) is 17.7 Å². The summed E-state index contributed by atoms with van der Waals surface area (Å²) in [6, 6.07) is 12.3. The molecule has 0 fully saturated rings. The van der Waals surface area contributed by atoms with Gasteiger partial charge in [-0.05, 0) is 37.6 Å². The largest absolute Gasteiger partial charge is 0.494 e. The predicted molar refractivity (Wildman–Crippen MR) is 99.5 cm³/mol. The molecule has 0 aliphatic carbocycles. The fraction of sp³-hybridized carbons (Fsp3) is 0.421. The standard InChI is InChI=1S/C19H28N4O/c1-16-8-10-18(11-9-16)24-14-6-12-21-19(20-2)23(4)15-17-7-5-13-22(17)3/h5,7-11,13H,6,12,14-15H2,1-4H3,(H,20,21). The smallest absolute Gasteiger partial charge is 0.193 e. The molecule has 0 aliphatic rings. The van der Waals surface area contributed by atoms with Gasteiger partial charge in [0.2, 0.25) is 0 Å². The molecule has 2 aromatic rings. The molecule has 0 unspecified atom stereocenters. The van der Waals surface area contributed by atoms with E-state index in [9.17, 15) is 0 Å². The Balaban J connectivity index is 1.69. The molecule has 0 atom stereocenters. The lowest BCUT2D eigenvalue weighted by Gasteiger charge is -2.22. The summed E-state index contributed by atoms with van der Waals surface area (Å²) in [6.45, 7) is 4.42. The van der Waals surface area contributed by atoms with Crippen LogP contribution in [0.4, 0.5) is 0 Å². The predicted octanol–water partition coefficient (Wildman–Crippen LogP) is 2.81. The lowest BCUT2D eigenvalue weighted by atomic mass is 10.2. The average Bonchev–Trinajstić information content (AvgIpc) is 2.97. The van der Waals surface area contributed by atoms with E-state index in [1.54, 1.807) is 0 Å². The number of hydrogen-bond donors (Lipinski definition) is 1. The first-order chi connectivity index (χ1) is 11.6. The van der Waals surface area contributed by atoms with Gasteiger partial charge in [0, 0.05) is 39.6 Å². The molecule has 2 rings (SSSR count). The van der Waals surface area contributed by atoms with Crippen LogP contribution in [-0.4, -0.2) is 42.7 Å². The van der Waals surface area contributed by atoms with Crippen molar-refractivity contribution in [2.75, 3.05) is 27.2 Å². The first-order valence-electron chi connectivity index (χ1n) is 8.31. The number of ether oxygens (including phenoxy) is 1. The van der Waals surface area contributed by atoms with Crippen LogP contribution in [0.25, 0.3) is 0 Å². The van der Waals surface area contributed by atoms with E-state index in [4.69, 9.17) is 4.74 Å². The average molecular weight is 328 g/mol. The van der Waals surface area contributed by atoms with Gasteiger partial charge in [-0.2, -0.15) is 0 Å². The Kier molecular flexibility index (Phi) is 6.73. The second-order valence-electron chi connectivity index (χ2n) is 5.96. The molecule has 0 radical (unpaired) electrons. The summed E-state index contributed by atoms with van der Waals surface area (Å²) >= 11 is 0. The summed E-state index contributed by atoms with van der Waals surface area (Å²) in [4.78, 5) is 6.47. The molecule has 0 bridgehead atoms. The van der Waals surface area contributed by atoms with Crippen molar-refractivity contribution >= 4 is 5.96 Å². The first kappa shape index (κ1) is 17.9. The molecular weight excluding hydrogens is 300 g/mol. The highest BCUT2D eigenvalue weighted by molar-refractivity contribution is 5.79. The Hall–Kier alpha value is -2.43. The fourth-order valence-electron chi connectivity index (χ4n) is 2.46. The fourth-order valence-corrected chi connectivity index (χ4v) is 2.46. The molecule has 1 aromatic carbocycles. The number of rotatable bonds is 7. The lowest BCUT2D eigenvalue weighted by molar-refractivity contribution is 0.310. The van der Waals surface area contributed by atoms with Crippen LogP contribution in [-0.2, 0) is 13.6 Å². The molecule has 0 amide bonds. The summed E-state index contributed by atoms with van der Waals surface area (Å²) in [5.41, 5.74) is 2.50. The van der Waals surface area contributed by atoms with Gasteiger partial charge in [0.05, 0.1) is 13.2 Å². The molecule has 130 valence electrons. The number of hydrogen-bond acceptors (Lipinski definition) is 2. The van der Waals surface area contributed by atoms with Gasteiger partial charge in [0.15, 0.2) is 5.96 Å². The minimum absolute atomic E-state index is 0.689. The summed E-state index contributed by atoms with van der Waals surface area (Å²) < 4.78 is 7.87. The van der Waals surface area contributed by atoms with E-state index in [1.165, 1.54) is 11.3 Å². The van der Waals surface area contributed by atoms with Crippen molar-refractivity contribution in [3.8, 4) is 5.75 Å². The normalized spacial score (nSPS) is 11.4. The SMILES string of the molecule is CN=C(NCCCOc1ccc(C)cc1)N(C)Cc1cccn1C. The van der Waals surface area contributed by atoms with Gasteiger partial charge < -0.3 is 19.5 Å². The van der Waals surface area contributed by atoms with Gasteiger partial charge >= 0.3 is 0 Å². The molecule has 1 N–H and O–H groups in total. The number of benzene rings is 1. The highest BCUT2D eigenvalue weighted by Crippen LogP contribution is 2.11. The van der Waals surface area contributed by atoms with E-state index >= 15 is 0 Å². The summed E-state index contributed by atoms with van der Waals surface area (Å²) in [6.07, 6.45) is 2.98. The van der Waals surface area contributed by atoms with Gasteiger partial charge in [-0.3, -0.25) is 4.99 Å². The zero-order chi connectivity index (χ0) is 17.4. The van der Waals surface area contributed by atoms with E-state index in [2.05, 4.69) is 64.2 Å². The molecule has 24 heavy (non-hydrogen) atoms. The quantitative estimate of drug-likeness (QED) is 0.483. The molecule has 5 heteroatoms. The third kappa shape index (κ3) is 5.33.